The number of carbonyl (C=O) groups is 1. The van der Waals surface area contributed by atoms with Crippen molar-refractivity contribution < 1.29 is 9.72 Å². The van der Waals surface area contributed by atoms with E-state index in [9.17, 15) is 14.9 Å². The molecular formula is C16H13BrN2O3. The molecule has 1 amide bonds. The zero-order valence-electron chi connectivity index (χ0n) is 11.7. The van der Waals surface area contributed by atoms with Gasteiger partial charge in [0.2, 0.25) is 5.91 Å². The third-order valence-electron chi connectivity index (χ3n) is 2.95. The Labute approximate surface area is 135 Å². The lowest BCUT2D eigenvalue weighted by molar-refractivity contribution is -0.384. The maximum Gasteiger partial charge on any atom is 0.270 e. The highest BCUT2D eigenvalue weighted by Gasteiger charge is 2.05. The number of nitrogens with one attached hydrogen (secondary N) is 1. The lowest BCUT2D eigenvalue weighted by atomic mass is 10.2. The van der Waals surface area contributed by atoms with Crippen LogP contribution >= 0.6 is 15.9 Å². The first-order chi connectivity index (χ1) is 10.5. The van der Waals surface area contributed by atoms with Crippen molar-refractivity contribution in [2.75, 3.05) is 5.32 Å². The lowest BCUT2D eigenvalue weighted by Gasteiger charge is -2.06. The Kier molecular flexibility index (Phi) is 5.06. The molecule has 0 spiro atoms. The SMILES string of the molecule is Cc1cc(Br)ccc1NC(=O)C=Cc1cccc([N+](=O)[O-])c1. The molecule has 112 valence electrons. The van der Waals surface area contributed by atoms with Crippen molar-refractivity contribution in [3.05, 3.63) is 74.3 Å². The molecule has 0 saturated carbocycles. The maximum absolute atomic E-state index is 11.9. The van der Waals surface area contributed by atoms with E-state index in [-0.39, 0.29) is 11.6 Å². The summed E-state index contributed by atoms with van der Waals surface area (Å²) >= 11 is 3.36. The number of halogens is 1. The van der Waals surface area contributed by atoms with Gasteiger partial charge in [0.1, 0.15) is 0 Å². The number of benzene rings is 2. The van der Waals surface area contributed by atoms with Crippen molar-refractivity contribution >= 4 is 39.3 Å². The van der Waals surface area contributed by atoms with Crippen LogP contribution in [0.1, 0.15) is 11.1 Å². The van der Waals surface area contributed by atoms with Crippen molar-refractivity contribution in [3.8, 4) is 0 Å². The van der Waals surface area contributed by atoms with Crippen molar-refractivity contribution in [2.24, 2.45) is 0 Å². The highest BCUT2D eigenvalue weighted by atomic mass is 79.9. The quantitative estimate of drug-likeness (QED) is 0.501. The fourth-order valence-electron chi connectivity index (χ4n) is 1.86. The van der Waals surface area contributed by atoms with Crippen molar-refractivity contribution in [3.63, 3.8) is 0 Å². The van der Waals surface area contributed by atoms with Gasteiger partial charge in [-0.15, -0.1) is 0 Å². The zero-order valence-corrected chi connectivity index (χ0v) is 13.3. The van der Waals surface area contributed by atoms with E-state index in [2.05, 4.69) is 21.2 Å². The first-order valence-corrected chi connectivity index (χ1v) is 7.24. The Morgan fingerprint density at radius 2 is 2.05 bits per heavy atom. The molecule has 0 unspecified atom stereocenters. The minimum absolute atomic E-state index is 0.00804. The molecule has 0 aliphatic heterocycles. The highest BCUT2D eigenvalue weighted by Crippen LogP contribution is 2.20. The predicted octanol–water partition coefficient (Wildman–Crippen LogP) is 4.32. The summed E-state index contributed by atoms with van der Waals surface area (Å²) in [5.41, 5.74) is 2.24. The van der Waals surface area contributed by atoms with Crippen LogP contribution < -0.4 is 5.32 Å². The molecule has 0 radical (unpaired) electrons. The van der Waals surface area contributed by atoms with Crippen LogP contribution in [0.25, 0.3) is 6.08 Å². The summed E-state index contributed by atoms with van der Waals surface area (Å²) < 4.78 is 0.940. The monoisotopic (exact) mass is 360 g/mol. The summed E-state index contributed by atoms with van der Waals surface area (Å²) in [6, 6.07) is 11.6. The Morgan fingerprint density at radius 1 is 1.27 bits per heavy atom. The van der Waals surface area contributed by atoms with Gasteiger partial charge < -0.3 is 5.32 Å². The van der Waals surface area contributed by atoms with Gasteiger partial charge in [-0.3, -0.25) is 14.9 Å². The van der Waals surface area contributed by atoms with Gasteiger partial charge in [0.25, 0.3) is 5.69 Å². The largest absolute Gasteiger partial charge is 0.322 e. The van der Waals surface area contributed by atoms with Gasteiger partial charge in [-0.25, -0.2) is 0 Å². The first-order valence-electron chi connectivity index (χ1n) is 6.45. The summed E-state index contributed by atoms with van der Waals surface area (Å²) in [4.78, 5) is 22.1. The number of hydrogen-bond acceptors (Lipinski definition) is 3. The Hall–Kier alpha value is -2.47. The molecule has 2 aromatic carbocycles. The van der Waals surface area contributed by atoms with Crippen molar-refractivity contribution in [2.45, 2.75) is 6.92 Å². The molecule has 0 heterocycles. The number of non-ortho nitro benzene ring substituents is 1. The number of aryl methyl sites for hydroxylation is 1. The predicted molar refractivity (Wildman–Crippen MR) is 89.6 cm³/mol. The topological polar surface area (TPSA) is 72.2 Å². The van der Waals surface area contributed by atoms with Crippen LogP contribution in [0.2, 0.25) is 0 Å². The average molecular weight is 361 g/mol. The molecular weight excluding hydrogens is 348 g/mol. The standard InChI is InChI=1S/C16H13BrN2O3/c1-11-9-13(17)6-7-15(11)18-16(20)8-5-12-3-2-4-14(10-12)19(21)22/h2-10H,1H3,(H,18,20). The van der Waals surface area contributed by atoms with Crippen LogP contribution in [0.5, 0.6) is 0 Å². The number of hydrogen-bond donors (Lipinski definition) is 1. The number of nitro groups is 1. The number of nitrogens with zero attached hydrogens (tertiary/aromatic N) is 1. The van der Waals surface area contributed by atoms with Crippen LogP contribution in [-0.4, -0.2) is 10.8 Å². The summed E-state index contributed by atoms with van der Waals surface area (Å²) in [5, 5.41) is 13.5. The fourth-order valence-corrected chi connectivity index (χ4v) is 2.33. The summed E-state index contributed by atoms with van der Waals surface area (Å²) in [7, 11) is 0. The number of anilines is 1. The molecule has 0 aromatic heterocycles. The number of rotatable bonds is 4. The van der Waals surface area contributed by atoms with Crippen LogP contribution in [0.15, 0.2) is 53.0 Å². The van der Waals surface area contributed by atoms with Crippen molar-refractivity contribution in [1.29, 1.82) is 0 Å². The van der Waals surface area contributed by atoms with E-state index in [4.69, 9.17) is 0 Å². The zero-order chi connectivity index (χ0) is 16.1. The normalized spacial score (nSPS) is 10.6. The lowest BCUT2D eigenvalue weighted by Crippen LogP contribution is -2.08. The molecule has 0 aliphatic carbocycles. The molecule has 0 bridgehead atoms. The first kappa shape index (κ1) is 15.9. The van der Waals surface area contributed by atoms with E-state index in [1.165, 1.54) is 24.3 Å². The maximum atomic E-state index is 11.9. The third kappa shape index (κ3) is 4.26. The molecule has 2 rings (SSSR count). The molecule has 0 atom stereocenters. The molecule has 6 heteroatoms. The van der Waals surface area contributed by atoms with Gasteiger partial charge in [-0.1, -0.05) is 28.1 Å². The number of nitro benzene ring substituents is 1. The van der Waals surface area contributed by atoms with E-state index in [0.29, 0.717) is 5.56 Å². The summed E-state index contributed by atoms with van der Waals surface area (Å²) in [6.07, 6.45) is 2.89. The van der Waals surface area contributed by atoms with Crippen LogP contribution in [0.4, 0.5) is 11.4 Å². The fraction of sp³-hybridized carbons (Fsp3) is 0.0625. The van der Waals surface area contributed by atoms with E-state index in [0.717, 1.165) is 15.7 Å². The molecule has 5 nitrogen and oxygen atoms in total. The van der Waals surface area contributed by atoms with Crippen LogP contribution in [0.3, 0.4) is 0 Å². The molecule has 2 aromatic rings. The second-order valence-electron chi connectivity index (χ2n) is 4.63. The second-order valence-corrected chi connectivity index (χ2v) is 5.55. The second kappa shape index (κ2) is 7.00. The van der Waals surface area contributed by atoms with Gasteiger partial charge >= 0.3 is 0 Å². The minimum Gasteiger partial charge on any atom is -0.322 e. The molecule has 0 saturated heterocycles. The van der Waals surface area contributed by atoms with Gasteiger partial charge in [0, 0.05) is 28.4 Å². The smallest absolute Gasteiger partial charge is 0.270 e. The van der Waals surface area contributed by atoms with Crippen molar-refractivity contribution in [1.82, 2.24) is 0 Å². The van der Waals surface area contributed by atoms with E-state index < -0.39 is 4.92 Å². The van der Waals surface area contributed by atoms with Crippen LogP contribution in [0, 0.1) is 17.0 Å². The van der Waals surface area contributed by atoms with Gasteiger partial charge in [-0.05, 0) is 42.3 Å². The van der Waals surface area contributed by atoms with Gasteiger partial charge in [-0.2, -0.15) is 0 Å². The van der Waals surface area contributed by atoms with Crippen LogP contribution in [-0.2, 0) is 4.79 Å². The van der Waals surface area contributed by atoms with Gasteiger partial charge in [0.05, 0.1) is 4.92 Å². The summed E-state index contributed by atoms with van der Waals surface area (Å²) in [6.45, 7) is 1.89. The Morgan fingerprint density at radius 3 is 2.73 bits per heavy atom. The van der Waals surface area contributed by atoms with Gasteiger partial charge in [0.15, 0.2) is 0 Å². The Bertz CT molecular complexity index is 757. The molecule has 1 N–H and O–H groups in total. The summed E-state index contributed by atoms with van der Waals surface area (Å²) in [5.74, 6) is -0.295. The number of amides is 1. The molecule has 0 aliphatic rings. The highest BCUT2D eigenvalue weighted by molar-refractivity contribution is 9.10. The average Bonchev–Trinajstić information content (AvgIpc) is 2.48. The molecule has 0 fully saturated rings. The van der Waals surface area contributed by atoms with E-state index >= 15 is 0 Å². The number of carbonyl (C=O) groups excluding carboxylic acids is 1. The Balaban J connectivity index is 2.08. The third-order valence-corrected chi connectivity index (χ3v) is 3.45. The minimum atomic E-state index is -0.470. The van der Waals surface area contributed by atoms with E-state index in [1.807, 2.05) is 19.1 Å². The van der Waals surface area contributed by atoms with E-state index in [1.54, 1.807) is 18.2 Å². The molecule has 22 heavy (non-hydrogen) atoms.